The van der Waals surface area contributed by atoms with Gasteiger partial charge in [0.15, 0.2) is 0 Å². The van der Waals surface area contributed by atoms with E-state index in [0.717, 1.165) is 16.9 Å². The number of benzene rings is 2. The van der Waals surface area contributed by atoms with Crippen LogP contribution in [0.15, 0.2) is 71.0 Å². The van der Waals surface area contributed by atoms with Crippen LogP contribution in [0.5, 0.6) is 0 Å². The van der Waals surface area contributed by atoms with Gasteiger partial charge in [-0.25, -0.2) is 0 Å². The minimum atomic E-state index is -0.391. The Morgan fingerprint density at radius 1 is 1.06 bits per heavy atom. The number of nitrogens with one attached hydrogen (secondary N) is 2. The van der Waals surface area contributed by atoms with Gasteiger partial charge in [-0.1, -0.05) is 47.0 Å². The molecular formula is C24H22Cl2N2O3S. The van der Waals surface area contributed by atoms with Gasteiger partial charge in [0, 0.05) is 29.7 Å². The lowest BCUT2D eigenvalue weighted by molar-refractivity contribution is -0.117. The zero-order valence-corrected chi connectivity index (χ0v) is 19.7. The molecule has 0 radical (unpaired) electrons. The predicted molar refractivity (Wildman–Crippen MR) is 131 cm³/mol. The number of furan rings is 1. The lowest BCUT2D eigenvalue weighted by atomic mass is 10.1. The van der Waals surface area contributed by atoms with Gasteiger partial charge in [-0.2, -0.15) is 11.8 Å². The molecule has 5 nitrogen and oxygen atoms in total. The van der Waals surface area contributed by atoms with E-state index in [-0.39, 0.29) is 11.6 Å². The second-order valence-electron chi connectivity index (χ2n) is 6.95. The molecule has 0 aliphatic carbocycles. The molecule has 2 N–H and O–H groups in total. The summed E-state index contributed by atoms with van der Waals surface area (Å²) in [5, 5.41) is 6.58. The maximum atomic E-state index is 12.7. The molecular weight excluding hydrogens is 467 g/mol. The van der Waals surface area contributed by atoms with Crippen molar-refractivity contribution in [2.24, 2.45) is 0 Å². The highest BCUT2D eigenvalue weighted by Gasteiger charge is 2.15. The Hall–Kier alpha value is -2.67. The molecule has 0 saturated heterocycles. The molecule has 0 aliphatic heterocycles. The summed E-state index contributed by atoms with van der Waals surface area (Å²) in [6.07, 6.45) is 3.01. The van der Waals surface area contributed by atoms with Crippen LogP contribution in [0.4, 0.5) is 0 Å². The van der Waals surface area contributed by atoms with Crippen molar-refractivity contribution in [3.05, 3.63) is 99.1 Å². The molecule has 2 aromatic carbocycles. The summed E-state index contributed by atoms with van der Waals surface area (Å²) in [6, 6.07) is 16.1. The summed E-state index contributed by atoms with van der Waals surface area (Å²) in [5.41, 5.74) is 2.60. The molecule has 3 rings (SSSR count). The van der Waals surface area contributed by atoms with Crippen molar-refractivity contribution < 1.29 is 14.0 Å². The molecule has 3 aromatic rings. The van der Waals surface area contributed by atoms with Crippen LogP contribution in [0.3, 0.4) is 0 Å². The van der Waals surface area contributed by atoms with Crippen LogP contribution < -0.4 is 10.6 Å². The van der Waals surface area contributed by atoms with Crippen molar-refractivity contribution in [2.45, 2.75) is 12.7 Å². The van der Waals surface area contributed by atoms with Crippen molar-refractivity contribution >= 4 is 52.9 Å². The Bertz CT molecular complexity index is 1110. The molecule has 0 aliphatic rings. The van der Waals surface area contributed by atoms with Gasteiger partial charge >= 0.3 is 0 Å². The summed E-state index contributed by atoms with van der Waals surface area (Å²) >= 11 is 13.6. The number of hydrogen-bond donors (Lipinski definition) is 2. The summed E-state index contributed by atoms with van der Waals surface area (Å²) in [6.45, 7) is 2.33. The fraction of sp³-hybridized carbons (Fsp3) is 0.167. The number of halogens is 2. The maximum Gasteiger partial charge on any atom is 0.267 e. The van der Waals surface area contributed by atoms with Gasteiger partial charge in [-0.3, -0.25) is 9.59 Å². The topological polar surface area (TPSA) is 71.3 Å². The normalized spacial score (nSPS) is 11.3. The minimum absolute atomic E-state index is 0.112. The molecule has 0 saturated carbocycles. The molecule has 0 unspecified atom stereocenters. The Kier molecular flexibility index (Phi) is 8.85. The van der Waals surface area contributed by atoms with Crippen molar-refractivity contribution in [3.8, 4) is 0 Å². The number of amides is 2. The quantitative estimate of drug-likeness (QED) is 0.298. The molecule has 0 spiro atoms. The average Bonchev–Trinajstić information content (AvgIpc) is 3.28. The number of aryl methyl sites for hydroxylation is 1. The van der Waals surface area contributed by atoms with Gasteiger partial charge < -0.3 is 15.1 Å². The second-order valence-corrected chi connectivity index (χ2v) is 8.87. The fourth-order valence-corrected chi connectivity index (χ4v) is 3.93. The molecule has 1 heterocycles. The van der Waals surface area contributed by atoms with E-state index >= 15 is 0 Å². The van der Waals surface area contributed by atoms with E-state index in [1.165, 1.54) is 12.3 Å². The molecule has 166 valence electrons. The molecule has 2 amide bonds. The van der Waals surface area contributed by atoms with E-state index in [9.17, 15) is 9.59 Å². The lowest BCUT2D eigenvalue weighted by Crippen LogP contribution is -2.35. The molecule has 32 heavy (non-hydrogen) atoms. The van der Waals surface area contributed by atoms with E-state index in [0.29, 0.717) is 33.7 Å². The summed E-state index contributed by atoms with van der Waals surface area (Å²) < 4.78 is 5.30. The van der Waals surface area contributed by atoms with E-state index in [2.05, 4.69) is 10.6 Å². The zero-order valence-electron chi connectivity index (χ0n) is 17.4. The van der Waals surface area contributed by atoms with Gasteiger partial charge in [0.25, 0.3) is 11.8 Å². The largest absolute Gasteiger partial charge is 0.465 e. The van der Waals surface area contributed by atoms with E-state index in [1.807, 2.05) is 25.1 Å². The first-order valence-corrected chi connectivity index (χ1v) is 11.8. The monoisotopic (exact) mass is 488 g/mol. The van der Waals surface area contributed by atoms with Crippen LogP contribution in [-0.2, 0) is 10.5 Å². The lowest BCUT2D eigenvalue weighted by Gasteiger charge is -2.11. The number of hydrogen-bond acceptors (Lipinski definition) is 4. The number of rotatable bonds is 9. The SMILES string of the molecule is Cc1cccc(C(=O)N/C(=C\c2ccco2)C(=O)NCCSCc2ccc(Cl)c(Cl)c2)c1. The Labute approximate surface area is 201 Å². The van der Waals surface area contributed by atoms with Crippen LogP contribution in [0.25, 0.3) is 6.08 Å². The number of carbonyl (C=O) groups excluding carboxylic acids is 2. The summed E-state index contributed by atoms with van der Waals surface area (Å²) in [4.78, 5) is 25.4. The summed E-state index contributed by atoms with van der Waals surface area (Å²) in [7, 11) is 0. The van der Waals surface area contributed by atoms with Gasteiger partial charge in [-0.05, 0) is 48.9 Å². The first kappa shape index (κ1) is 24.0. The van der Waals surface area contributed by atoms with Gasteiger partial charge in [0.1, 0.15) is 11.5 Å². The Balaban J connectivity index is 1.56. The summed E-state index contributed by atoms with van der Waals surface area (Å²) in [5.74, 6) is 1.14. The highest BCUT2D eigenvalue weighted by Crippen LogP contribution is 2.24. The van der Waals surface area contributed by atoms with Crippen LogP contribution in [0, 0.1) is 6.92 Å². The van der Waals surface area contributed by atoms with Crippen molar-refractivity contribution in [1.82, 2.24) is 10.6 Å². The van der Waals surface area contributed by atoms with E-state index in [4.69, 9.17) is 27.6 Å². The number of thioether (sulfide) groups is 1. The first-order valence-electron chi connectivity index (χ1n) is 9.85. The second kappa shape index (κ2) is 11.8. The molecule has 0 fully saturated rings. The maximum absolute atomic E-state index is 12.7. The molecule has 0 atom stereocenters. The highest BCUT2D eigenvalue weighted by atomic mass is 35.5. The van der Waals surface area contributed by atoms with Gasteiger partial charge in [0.05, 0.1) is 16.3 Å². The van der Waals surface area contributed by atoms with Crippen molar-refractivity contribution in [3.63, 3.8) is 0 Å². The van der Waals surface area contributed by atoms with Crippen LogP contribution in [-0.4, -0.2) is 24.1 Å². The van der Waals surface area contributed by atoms with Gasteiger partial charge in [0.2, 0.25) is 0 Å². The highest BCUT2D eigenvalue weighted by molar-refractivity contribution is 7.98. The standard InChI is InChI=1S/C24H22Cl2N2O3S/c1-16-4-2-5-18(12-16)23(29)28-22(14-19-6-3-10-31-19)24(30)27-9-11-32-15-17-7-8-20(25)21(26)13-17/h2-8,10,12-14H,9,11,15H2,1H3,(H,27,30)(H,28,29)/b22-14-. The van der Waals surface area contributed by atoms with Crippen LogP contribution in [0.2, 0.25) is 10.0 Å². The molecule has 1 aromatic heterocycles. The molecule has 0 bridgehead atoms. The predicted octanol–water partition coefficient (Wildman–Crippen LogP) is 5.72. The molecule has 8 heteroatoms. The van der Waals surface area contributed by atoms with Crippen LogP contribution >= 0.6 is 35.0 Å². The zero-order chi connectivity index (χ0) is 22.9. The van der Waals surface area contributed by atoms with Crippen molar-refractivity contribution in [1.29, 1.82) is 0 Å². The van der Waals surface area contributed by atoms with E-state index in [1.54, 1.807) is 48.2 Å². The number of carbonyl (C=O) groups is 2. The average molecular weight is 489 g/mol. The van der Waals surface area contributed by atoms with Gasteiger partial charge in [-0.15, -0.1) is 0 Å². The fourth-order valence-electron chi connectivity index (χ4n) is 2.81. The van der Waals surface area contributed by atoms with Crippen LogP contribution in [0.1, 0.15) is 27.2 Å². The Morgan fingerprint density at radius 2 is 1.91 bits per heavy atom. The third-order valence-corrected chi connectivity index (χ3v) is 6.16. The first-order chi connectivity index (χ1) is 15.4. The smallest absolute Gasteiger partial charge is 0.267 e. The van der Waals surface area contributed by atoms with Crippen molar-refractivity contribution in [2.75, 3.05) is 12.3 Å². The third-order valence-electron chi connectivity index (χ3n) is 4.39. The Morgan fingerprint density at radius 3 is 2.62 bits per heavy atom. The minimum Gasteiger partial charge on any atom is -0.465 e. The van der Waals surface area contributed by atoms with E-state index < -0.39 is 5.91 Å². The third kappa shape index (κ3) is 7.19.